The van der Waals surface area contributed by atoms with Gasteiger partial charge in [0.25, 0.3) is 5.91 Å². The van der Waals surface area contributed by atoms with Gasteiger partial charge in [0.15, 0.2) is 0 Å². The Bertz CT molecular complexity index is 1040. The van der Waals surface area contributed by atoms with E-state index in [0.29, 0.717) is 18.5 Å². The summed E-state index contributed by atoms with van der Waals surface area (Å²) in [5, 5.41) is 5.93. The van der Waals surface area contributed by atoms with Gasteiger partial charge in [0.05, 0.1) is 0 Å². The second-order valence-corrected chi connectivity index (χ2v) is 8.65. The summed E-state index contributed by atoms with van der Waals surface area (Å²) < 4.78 is 6.32. The number of rotatable bonds is 6. The van der Waals surface area contributed by atoms with Crippen LogP contribution >= 0.6 is 0 Å². The van der Waals surface area contributed by atoms with Crippen LogP contribution in [0.1, 0.15) is 53.6 Å². The molecule has 2 N–H and O–H groups in total. The Morgan fingerprint density at radius 2 is 1.94 bits per heavy atom. The summed E-state index contributed by atoms with van der Waals surface area (Å²) in [5.41, 5.74) is 2.65. The molecular formula is C24H26N4O4. The molecule has 1 aromatic heterocycles. The Morgan fingerprint density at radius 3 is 2.75 bits per heavy atom. The van der Waals surface area contributed by atoms with Gasteiger partial charge in [-0.05, 0) is 67.1 Å². The molecule has 8 heteroatoms. The first-order valence-electron chi connectivity index (χ1n) is 11.1. The number of hydrogen-bond acceptors (Lipinski definition) is 6. The molecule has 0 spiro atoms. The fourth-order valence-corrected chi connectivity index (χ4v) is 4.85. The lowest BCUT2D eigenvalue weighted by atomic mass is 10.0. The van der Waals surface area contributed by atoms with Gasteiger partial charge in [0, 0.05) is 43.5 Å². The van der Waals surface area contributed by atoms with Crippen LogP contribution in [0.3, 0.4) is 0 Å². The fraction of sp³-hybridized carbons (Fsp3) is 0.417. The number of hydrogen-bond donors (Lipinski definition) is 2. The Kier molecular flexibility index (Phi) is 5.61. The van der Waals surface area contributed by atoms with Gasteiger partial charge in [-0.3, -0.25) is 24.7 Å². The third-order valence-corrected chi connectivity index (χ3v) is 6.55. The average Bonchev–Trinajstić information content (AvgIpc) is 3.37. The molecule has 1 aliphatic carbocycles. The lowest BCUT2D eigenvalue weighted by molar-refractivity contribution is -0.136. The number of benzene rings is 1. The molecule has 2 aromatic rings. The summed E-state index contributed by atoms with van der Waals surface area (Å²) in [7, 11) is 0. The van der Waals surface area contributed by atoms with E-state index in [9.17, 15) is 14.4 Å². The first-order valence-corrected chi connectivity index (χ1v) is 11.1. The second kappa shape index (κ2) is 8.70. The number of fused-ring (bicyclic) bond motifs is 1. The van der Waals surface area contributed by atoms with Crippen LogP contribution in [0.5, 0.6) is 5.75 Å². The van der Waals surface area contributed by atoms with Crippen molar-refractivity contribution in [3.63, 3.8) is 0 Å². The first-order chi connectivity index (χ1) is 15.6. The fourth-order valence-electron chi connectivity index (χ4n) is 4.85. The van der Waals surface area contributed by atoms with Crippen LogP contribution in [-0.4, -0.2) is 45.8 Å². The number of aromatic nitrogens is 1. The summed E-state index contributed by atoms with van der Waals surface area (Å²) >= 11 is 0. The predicted molar refractivity (Wildman–Crippen MR) is 116 cm³/mol. The highest BCUT2D eigenvalue weighted by molar-refractivity contribution is 6.05. The van der Waals surface area contributed by atoms with Gasteiger partial charge in [-0.15, -0.1) is 0 Å². The van der Waals surface area contributed by atoms with Gasteiger partial charge in [0.2, 0.25) is 11.8 Å². The number of imide groups is 1. The molecule has 166 valence electrons. The second-order valence-electron chi connectivity index (χ2n) is 8.65. The summed E-state index contributed by atoms with van der Waals surface area (Å²) in [5.74, 6) is -0.106. The third kappa shape index (κ3) is 4.10. The van der Waals surface area contributed by atoms with Crippen LogP contribution in [0.2, 0.25) is 0 Å². The van der Waals surface area contributed by atoms with E-state index in [2.05, 4.69) is 15.6 Å². The summed E-state index contributed by atoms with van der Waals surface area (Å²) in [6.45, 7) is 1.12. The normalized spacial score (nSPS) is 25.1. The van der Waals surface area contributed by atoms with Gasteiger partial charge >= 0.3 is 0 Å². The number of amides is 3. The number of piperidine rings is 1. The minimum atomic E-state index is -0.603. The molecule has 3 aliphatic rings. The van der Waals surface area contributed by atoms with Crippen LogP contribution < -0.4 is 15.4 Å². The molecule has 32 heavy (non-hydrogen) atoms. The van der Waals surface area contributed by atoms with E-state index in [-0.39, 0.29) is 30.4 Å². The van der Waals surface area contributed by atoms with Crippen LogP contribution in [0.4, 0.5) is 0 Å². The van der Waals surface area contributed by atoms with Crippen molar-refractivity contribution in [2.75, 3.05) is 0 Å². The van der Waals surface area contributed by atoms with Crippen molar-refractivity contribution in [2.45, 2.75) is 63.4 Å². The first kappa shape index (κ1) is 20.6. The van der Waals surface area contributed by atoms with E-state index in [0.717, 1.165) is 37.1 Å². The maximum absolute atomic E-state index is 12.9. The molecule has 2 fully saturated rings. The molecular weight excluding hydrogens is 408 g/mol. The lowest BCUT2D eigenvalue weighted by Crippen LogP contribution is -2.52. The van der Waals surface area contributed by atoms with Crippen LogP contribution in [0.15, 0.2) is 42.7 Å². The lowest BCUT2D eigenvalue weighted by Gasteiger charge is -2.29. The maximum Gasteiger partial charge on any atom is 0.255 e. The maximum atomic E-state index is 12.9. The van der Waals surface area contributed by atoms with Crippen molar-refractivity contribution in [2.24, 2.45) is 0 Å². The molecule has 2 aliphatic heterocycles. The summed E-state index contributed by atoms with van der Waals surface area (Å²) in [4.78, 5) is 42.1. The number of nitrogens with zero attached hydrogens (tertiary/aromatic N) is 2. The number of nitrogens with one attached hydrogen (secondary N) is 2. The van der Waals surface area contributed by atoms with Crippen LogP contribution in [0.25, 0.3) is 0 Å². The zero-order valence-electron chi connectivity index (χ0n) is 17.8. The van der Waals surface area contributed by atoms with Crippen molar-refractivity contribution in [3.05, 3.63) is 59.4 Å². The summed E-state index contributed by atoms with van der Waals surface area (Å²) in [6.07, 6.45) is 7.41. The molecule has 0 radical (unpaired) electrons. The Labute approximate surface area is 186 Å². The van der Waals surface area contributed by atoms with E-state index in [1.54, 1.807) is 23.4 Å². The van der Waals surface area contributed by atoms with Gasteiger partial charge in [-0.2, -0.15) is 0 Å². The minimum absolute atomic E-state index is 0.0678. The SMILES string of the molecule is O=C1CCC(N2Cc3cc(OC4CCCC4NCc4ccncc4)ccc3C2=O)C(=O)N1. The van der Waals surface area contributed by atoms with Gasteiger partial charge in [-0.1, -0.05) is 0 Å². The van der Waals surface area contributed by atoms with Gasteiger partial charge < -0.3 is 15.0 Å². The molecule has 8 nitrogen and oxygen atoms in total. The highest BCUT2D eigenvalue weighted by atomic mass is 16.5. The molecule has 1 saturated heterocycles. The van der Waals surface area contributed by atoms with Crippen molar-refractivity contribution in [3.8, 4) is 5.75 Å². The van der Waals surface area contributed by atoms with Crippen molar-refractivity contribution < 1.29 is 19.1 Å². The molecule has 3 unspecified atom stereocenters. The monoisotopic (exact) mass is 434 g/mol. The highest BCUT2D eigenvalue weighted by Crippen LogP contribution is 2.32. The molecule has 3 amide bonds. The quantitative estimate of drug-likeness (QED) is 0.674. The standard InChI is InChI=1S/C24H26N4O4/c29-22-7-6-20(23(30)27-22)28-14-16-12-17(4-5-18(16)24(28)31)32-21-3-1-2-19(21)26-13-15-8-10-25-11-9-15/h4-5,8-12,19-21,26H,1-3,6-7,13-14H2,(H,27,29,30). The third-order valence-electron chi connectivity index (χ3n) is 6.55. The number of carbonyl (C=O) groups is 3. The zero-order valence-corrected chi connectivity index (χ0v) is 17.8. The Morgan fingerprint density at radius 1 is 1.09 bits per heavy atom. The molecule has 0 bridgehead atoms. The predicted octanol–water partition coefficient (Wildman–Crippen LogP) is 1.93. The van der Waals surface area contributed by atoms with E-state index in [4.69, 9.17) is 4.74 Å². The van der Waals surface area contributed by atoms with Crippen molar-refractivity contribution in [1.29, 1.82) is 0 Å². The van der Waals surface area contributed by atoms with Gasteiger partial charge in [-0.25, -0.2) is 0 Å². The highest BCUT2D eigenvalue weighted by Gasteiger charge is 2.39. The molecule has 1 saturated carbocycles. The van der Waals surface area contributed by atoms with Crippen molar-refractivity contribution in [1.82, 2.24) is 20.5 Å². The molecule has 3 atom stereocenters. The van der Waals surface area contributed by atoms with E-state index < -0.39 is 11.9 Å². The van der Waals surface area contributed by atoms with Crippen LogP contribution in [-0.2, 0) is 22.7 Å². The number of ether oxygens (including phenoxy) is 1. The zero-order chi connectivity index (χ0) is 22.1. The Balaban J connectivity index is 1.24. The van der Waals surface area contributed by atoms with E-state index in [1.165, 1.54) is 5.56 Å². The summed E-state index contributed by atoms with van der Waals surface area (Å²) in [6, 6.07) is 9.20. The smallest absolute Gasteiger partial charge is 0.255 e. The number of carbonyl (C=O) groups excluding carboxylic acids is 3. The topological polar surface area (TPSA) is 101 Å². The molecule has 5 rings (SSSR count). The van der Waals surface area contributed by atoms with E-state index >= 15 is 0 Å². The largest absolute Gasteiger partial charge is 0.489 e. The van der Waals surface area contributed by atoms with Gasteiger partial charge in [0.1, 0.15) is 17.9 Å². The Hall–Kier alpha value is -3.26. The number of pyridine rings is 1. The van der Waals surface area contributed by atoms with E-state index in [1.807, 2.05) is 24.3 Å². The average molecular weight is 434 g/mol. The van der Waals surface area contributed by atoms with Crippen molar-refractivity contribution >= 4 is 17.7 Å². The minimum Gasteiger partial charge on any atom is -0.489 e. The molecule has 1 aromatic carbocycles. The molecule has 3 heterocycles. The van der Waals surface area contributed by atoms with Crippen LogP contribution in [0, 0.1) is 0 Å².